The fourth-order valence-corrected chi connectivity index (χ4v) is 1.58. The van der Waals surface area contributed by atoms with Gasteiger partial charge in [0.25, 0.3) is 0 Å². The third-order valence-corrected chi connectivity index (χ3v) is 2.63. The summed E-state index contributed by atoms with van der Waals surface area (Å²) in [7, 11) is 0. The molecule has 0 aliphatic carbocycles. The van der Waals surface area contributed by atoms with Gasteiger partial charge in [0.15, 0.2) is 0 Å². The zero-order valence-electron chi connectivity index (χ0n) is 10.9. The second-order valence-corrected chi connectivity index (χ2v) is 4.51. The van der Waals surface area contributed by atoms with E-state index in [1.165, 1.54) is 0 Å². The van der Waals surface area contributed by atoms with E-state index in [1.807, 2.05) is 66.7 Å². The first-order valence-electron chi connectivity index (χ1n) is 6.21. The van der Waals surface area contributed by atoms with Gasteiger partial charge in [-0.3, -0.25) is 0 Å². The molecule has 2 aromatic carbocycles. The van der Waals surface area contributed by atoms with Gasteiger partial charge < -0.3 is 5.11 Å². The van der Waals surface area contributed by atoms with Crippen LogP contribution >= 0.6 is 0 Å². The van der Waals surface area contributed by atoms with Crippen LogP contribution in [0, 0.1) is 11.8 Å². The maximum atomic E-state index is 10.2. The summed E-state index contributed by atoms with van der Waals surface area (Å²) >= 11 is 0. The molecular formula is C18H16O. The Kier molecular flexibility index (Phi) is 4.18. The van der Waals surface area contributed by atoms with Crippen molar-refractivity contribution in [3.8, 4) is 11.8 Å². The van der Waals surface area contributed by atoms with Crippen molar-refractivity contribution in [2.75, 3.05) is 0 Å². The molecule has 19 heavy (non-hydrogen) atoms. The normalized spacial score (nSPS) is 13.6. The number of hydrogen-bond donors (Lipinski definition) is 1. The molecule has 0 aromatic heterocycles. The summed E-state index contributed by atoms with van der Waals surface area (Å²) in [6.45, 7) is 1.68. The van der Waals surface area contributed by atoms with E-state index >= 15 is 0 Å². The van der Waals surface area contributed by atoms with Gasteiger partial charge in [-0.2, -0.15) is 0 Å². The van der Waals surface area contributed by atoms with E-state index in [0.29, 0.717) is 0 Å². The van der Waals surface area contributed by atoms with Crippen molar-refractivity contribution in [2.24, 2.45) is 0 Å². The lowest BCUT2D eigenvalue weighted by Gasteiger charge is -2.09. The highest BCUT2D eigenvalue weighted by Crippen LogP contribution is 2.09. The zero-order valence-corrected chi connectivity index (χ0v) is 10.9. The van der Waals surface area contributed by atoms with Crippen LogP contribution in [0.2, 0.25) is 0 Å². The Hall–Kier alpha value is -2.30. The van der Waals surface area contributed by atoms with Gasteiger partial charge in [0.2, 0.25) is 0 Å². The zero-order chi connectivity index (χ0) is 13.6. The molecule has 0 bridgehead atoms. The Morgan fingerprint density at radius 2 is 1.53 bits per heavy atom. The van der Waals surface area contributed by atoms with Crippen LogP contribution in [0.15, 0.2) is 66.7 Å². The summed E-state index contributed by atoms with van der Waals surface area (Å²) in [5.41, 5.74) is 0.811. The Morgan fingerprint density at radius 3 is 2.16 bits per heavy atom. The molecule has 1 heteroatoms. The molecule has 0 aliphatic rings. The summed E-state index contributed by atoms with van der Waals surface area (Å²) < 4.78 is 0. The Labute approximate surface area is 114 Å². The van der Waals surface area contributed by atoms with Crippen molar-refractivity contribution in [1.29, 1.82) is 0 Å². The molecule has 0 unspecified atom stereocenters. The van der Waals surface area contributed by atoms with Crippen LogP contribution < -0.4 is 0 Å². The molecule has 1 nitrogen and oxygen atoms in total. The molecule has 0 saturated carbocycles. The molecule has 2 aromatic rings. The lowest BCUT2D eigenvalue weighted by Crippen LogP contribution is -2.17. The maximum Gasteiger partial charge on any atom is 0.142 e. The molecule has 0 aliphatic heterocycles. The van der Waals surface area contributed by atoms with Gasteiger partial charge in [-0.05, 0) is 30.7 Å². The van der Waals surface area contributed by atoms with Gasteiger partial charge in [0.1, 0.15) is 5.60 Å². The Bertz CT molecular complexity index is 598. The number of aliphatic hydroxyl groups is 1. The monoisotopic (exact) mass is 248 g/mol. The Morgan fingerprint density at radius 1 is 0.947 bits per heavy atom. The lowest BCUT2D eigenvalue weighted by molar-refractivity contribution is 0.175. The van der Waals surface area contributed by atoms with E-state index in [4.69, 9.17) is 0 Å². The van der Waals surface area contributed by atoms with E-state index in [0.717, 1.165) is 11.1 Å². The minimum atomic E-state index is -1.13. The van der Waals surface area contributed by atoms with E-state index in [2.05, 4.69) is 11.8 Å². The summed E-state index contributed by atoms with van der Waals surface area (Å²) in [5, 5.41) is 10.2. The quantitative estimate of drug-likeness (QED) is 0.806. The van der Waals surface area contributed by atoms with Gasteiger partial charge in [0, 0.05) is 5.56 Å². The first kappa shape index (κ1) is 13.1. The molecule has 0 saturated heterocycles. The van der Waals surface area contributed by atoms with Crippen LogP contribution in [-0.4, -0.2) is 10.7 Å². The third kappa shape index (κ3) is 4.46. The van der Waals surface area contributed by atoms with Crippen LogP contribution in [0.4, 0.5) is 0 Å². The van der Waals surface area contributed by atoms with Gasteiger partial charge in [0.05, 0.1) is 0 Å². The molecular weight excluding hydrogens is 232 g/mol. The minimum Gasteiger partial charge on any atom is -0.374 e. The van der Waals surface area contributed by atoms with E-state index in [9.17, 15) is 5.11 Å². The average Bonchev–Trinajstić information content (AvgIpc) is 2.46. The van der Waals surface area contributed by atoms with Crippen molar-refractivity contribution in [2.45, 2.75) is 12.5 Å². The molecule has 94 valence electrons. The van der Waals surface area contributed by atoms with Crippen molar-refractivity contribution < 1.29 is 5.11 Å². The second-order valence-electron chi connectivity index (χ2n) is 4.51. The molecule has 1 atom stereocenters. The van der Waals surface area contributed by atoms with E-state index in [-0.39, 0.29) is 0 Å². The molecule has 0 spiro atoms. The molecule has 0 heterocycles. The first-order chi connectivity index (χ1) is 9.16. The average molecular weight is 248 g/mol. The van der Waals surface area contributed by atoms with Crippen LogP contribution in [0.1, 0.15) is 18.1 Å². The molecule has 0 amide bonds. The number of benzene rings is 2. The van der Waals surface area contributed by atoms with Gasteiger partial charge in [-0.1, -0.05) is 66.4 Å². The fourth-order valence-electron chi connectivity index (χ4n) is 1.58. The lowest BCUT2D eigenvalue weighted by atomic mass is 10.0. The van der Waals surface area contributed by atoms with Crippen molar-refractivity contribution in [3.05, 3.63) is 77.9 Å². The highest BCUT2D eigenvalue weighted by atomic mass is 16.3. The maximum absolute atomic E-state index is 10.2. The predicted octanol–water partition coefficient (Wildman–Crippen LogP) is 3.50. The molecule has 0 fully saturated rings. The van der Waals surface area contributed by atoms with Gasteiger partial charge in [-0.25, -0.2) is 0 Å². The van der Waals surface area contributed by atoms with Crippen molar-refractivity contribution in [1.82, 2.24) is 0 Å². The highest BCUT2D eigenvalue weighted by molar-refractivity contribution is 5.52. The van der Waals surface area contributed by atoms with Crippen LogP contribution in [0.5, 0.6) is 0 Å². The van der Waals surface area contributed by atoms with Gasteiger partial charge >= 0.3 is 0 Å². The van der Waals surface area contributed by atoms with E-state index < -0.39 is 5.60 Å². The summed E-state index contributed by atoms with van der Waals surface area (Å²) in [6, 6.07) is 19.5. The predicted molar refractivity (Wildman–Crippen MR) is 79.4 cm³/mol. The third-order valence-electron chi connectivity index (χ3n) is 2.63. The molecule has 2 rings (SSSR count). The largest absolute Gasteiger partial charge is 0.374 e. The second kappa shape index (κ2) is 6.04. The van der Waals surface area contributed by atoms with Crippen LogP contribution in [0.3, 0.4) is 0 Å². The highest BCUT2D eigenvalue weighted by Gasteiger charge is 2.10. The fraction of sp³-hybridized carbons (Fsp3) is 0.111. The smallest absolute Gasteiger partial charge is 0.142 e. The SMILES string of the molecule is C[C@@](O)(C#Cc1ccccc1)/C=C/c1ccccc1. The topological polar surface area (TPSA) is 20.2 Å². The van der Waals surface area contributed by atoms with Crippen LogP contribution in [-0.2, 0) is 0 Å². The Balaban J connectivity index is 2.11. The number of rotatable bonds is 2. The summed E-state index contributed by atoms with van der Waals surface area (Å²) in [5.74, 6) is 5.83. The van der Waals surface area contributed by atoms with Gasteiger partial charge in [-0.15, -0.1) is 0 Å². The van der Waals surface area contributed by atoms with E-state index in [1.54, 1.807) is 13.0 Å². The molecule has 1 N–H and O–H groups in total. The minimum absolute atomic E-state index is 0.899. The summed E-state index contributed by atoms with van der Waals surface area (Å²) in [4.78, 5) is 0. The first-order valence-corrected chi connectivity index (χ1v) is 6.21. The summed E-state index contributed by atoms with van der Waals surface area (Å²) in [6.07, 6.45) is 3.58. The molecule has 0 radical (unpaired) electrons. The van der Waals surface area contributed by atoms with Crippen LogP contribution in [0.25, 0.3) is 6.08 Å². The van der Waals surface area contributed by atoms with Crippen molar-refractivity contribution in [3.63, 3.8) is 0 Å². The number of hydrogen-bond acceptors (Lipinski definition) is 1. The van der Waals surface area contributed by atoms with Crippen molar-refractivity contribution >= 4 is 6.08 Å². The standard InChI is InChI=1S/C18H16O/c1-18(19,14-12-16-8-4-2-5-9-16)15-13-17-10-6-3-7-11-17/h2-12,14,19H,1H3/b14-12+/t18-/m0/s1.